The van der Waals surface area contributed by atoms with Gasteiger partial charge in [0.2, 0.25) is 5.28 Å². The van der Waals surface area contributed by atoms with Gasteiger partial charge in [0.1, 0.15) is 0 Å². The molecule has 5 rings (SSSR count). The lowest BCUT2D eigenvalue weighted by Crippen LogP contribution is -2.41. The van der Waals surface area contributed by atoms with Crippen LogP contribution in [0.25, 0.3) is 11.2 Å². The number of hydrogen-bond acceptors (Lipinski definition) is 5. The molecule has 33 heavy (non-hydrogen) atoms. The molecule has 0 aliphatic carbocycles. The van der Waals surface area contributed by atoms with Crippen molar-refractivity contribution < 1.29 is 0 Å². The van der Waals surface area contributed by atoms with E-state index in [0.29, 0.717) is 6.54 Å². The lowest BCUT2D eigenvalue weighted by atomic mass is 10.2. The third-order valence-corrected chi connectivity index (χ3v) is 5.72. The first-order valence-corrected chi connectivity index (χ1v) is 10.7. The Balaban J connectivity index is 1.74. The molecule has 0 amide bonds. The molecule has 0 aliphatic rings. The van der Waals surface area contributed by atoms with Gasteiger partial charge in [0, 0.05) is 24.8 Å². The lowest BCUT2D eigenvalue weighted by molar-refractivity contribution is 0.628. The van der Waals surface area contributed by atoms with E-state index >= 15 is 0 Å². The minimum Gasteiger partial charge on any atom is -0.304 e. The second-order valence-corrected chi connectivity index (χ2v) is 7.93. The predicted molar refractivity (Wildman–Crippen MR) is 125 cm³/mol. The summed E-state index contributed by atoms with van der Waals surface area (Å²) in [5.41, 5.74) is 2.26. The summed E-state index contributed by atoms with van der Waals surface area (Å²) in [6.07, 6.45) is 6.58. The Morgan fingerprint density at radius 2 is 1.18 bits per heavy atom. The molecule has 8 nitrogen and oxygen atoms in total. The Labute approximate surface area is 193 Å². The second-order valence-electron chi connectivity index (χ2n) is 7.60. The molecule has 164 valence electrons. The number of aromatic nitrogens is 6. The van der Waals surface area contributed by atoms with Crippen molar-refractivity contribution in [1.82, 2.24) is 28.7 Å². The van der Waals surface area contributed by atoms with Crippen LogP contribution in [0.2, 0.25) is 5.28 Å². The highest BCUT2D eigenvalue weighted by molar-refractivity contribution is 6.29. The van der Waals surface area contributed by atoms with Crippen molar-refractivity contribution in [2.45, 2.75) is 19.6 Å². The van der Waals surface area contributed by atoms with E-state index < -0.39 is 11.2 Å². The quantitative estimate of drug-likeness (QED) is 0.365. The van der Waals surface area contributed by atoms with Gasteiger partial charge in [0.05, 0.1) is 19.6 Å². The first-order chi connectivity index (χ1) is 16.1. The third kappa shape index (κ3) is 4.08. The first kappa shape index (κ1) is 20.8. The number of imidazole rings is 1. The fourth-order valence-electron chi connectivity index (χ4n) is 3.80. The number of hydrogen-bond donors (Lipinski definition) is 0. The molecule has 0 spiro atoms. The summed E-state index contributed by atoms with van der Waals surface area (Å²) in [7, 11) is 0. The Hall–Kier alpha value is -4.04. The van der Waals surface area contributed by atoms with Crippen LogP contribution in [0.3, 0.4) is 0 Å². The molecule has 4 aromatic heterocycles. The minimum absolute atomic E-state index is 0.112. The van der Waals surface area contributed by atoms with E-state index in [-0.39, 0.29) is 29.5 Å². The zero-order valence-corrected chi connectivity index (χ0v) is 18.3. The van der Waals surface area contributed by atoms with E-state index in [4.69, 9.17) is 11.6 Å². The number of benzene rings is 1. The predicted octanol–water partition coefficient (Wildman–Crippen LogP) is 2.95. The van der Waals surface area contributed by atoms with Crippen molar-refractivity contribution in [3.63, 3.8) is 0 Å². The maximum Gasteiger partial charge on any atom is 0.333 e. The third-order valence-electron chi connectivity index (χ3n) is 5.43. The molecule has 1 aromatic carbocycles. The monoisotopic (exact) mass is 458 g/mol. The number of pyridine rings is 2. The highest BCUT2D eigenvalue weighted by atomic mass is 35.5. The van der Waals surface area contributed by atoms with Crippen molar-refractivity contribution in [2.75, 3.05) is 0 Å². The van der Waals surface area contributed by atoms with Gasteiger partial charge >= 0.3 is 5.69 Å². The molecule has 0 bridgehead atoms. The van der Waals surface area contributed by atoms with Crippen LogP contribution in [-0.4, -0.2) is 28.7 Å². The van der Waals surface area contributed by atoms with Crippen LogP contribution in [-0.2, 0) is 19.6 Å². The van der Waals surface area contributed by atoms with Crippen LogP contribution in [0, 0.1) is 0 Å². The lowest BCUT2D eigenvalue weighted by Gasteiger charge is -2.13. The molecule has 9 heteroatoms. The van der Waals surface area contributed by atoms with Gasteiger partial charge in [-0.1, -0.05) is 30.3 Å². The Bertz CT molecular complexity index is 1530. The number of halogens is 1. The normalized spacial score (nSPS) is 11.2. The van der Waals surface area contributed by atoms with Gasteiger partial charge < -0.3 is 4.57 Å². The zero-order chi connectivity index (χ0) is 22.8. The molecule has 4 heterocycles. The Kier molecular flexibility index (Phi) is 5.58. The first-order valence-electron chi connectivity index (χ1n) is 10.3. The number of fused-ring (bicyclic) bond motifs is 1. The molecule has 0 radical (unpaired) electrons. The largest absolute Gasteiger partial charge is 0.333 e. The SMILES string of the molecule is O=c1c2c(nc(Cl)n2Cc2ccccc2)n(Cc2ccncc2)c(=O)n1Cc1ccncc1. The van der Waals surface area contributed by atoms with Gasteiger partial charge in [0.15, 0.2) is 11.2 Å². The molecular formula is C24H19ClN6O2. The van der Waals surface area contributed by atoms with Crippen LogP contribution in [0.1, 0.15) is 16.7 Å². The van der Waals surface area contributed by atoms with Gasteiger partial charge in [0.25, 0.3) is 5.56 Å². The van der Waals surface area contributed by atoms with Gasteiger partial charge in [-0.2, -0.15) is 4.98 Å². The van der Waals surface area contributed by atoms with E-state index in [9.17, 15) is 9.59 Å². The Morgan fingerprint density at radius 1 is 0.667 bits per heavy atom. The van der Waals surface area contributed by atoms with Crippen LogP contribution in [0.15, 0.2) is 89.0 Å². The van der Waals surface area contributed by atoms with Crippen LogP contribution >= 0.6 is 11.6 Å². The van der Waals surface area contributed by atoms with Crippen molar-refractivity contribution in [1.29, 1.82) is 0 Å². The highest BCUT2D eigenvalue weighted by Gasteiger charge is 2.21. The van der Waals surface area contributed by atoms with E-state index in [2.05, 4.69) is 15.0 Å². The van der Waals surface area contributed by atoms with E-state index in [0.717, 1.165) is 16.7 Å². The summed E-state index contributed by atoms with van der Waals surface area (Å²) in [4.78, 5) is 39.6. The summed E-state index contributed by atoms with van der Waals surface area (Å²) < 4.78 is 4.36. The summed E-state index contributed by atoms with van der Waals surface area (Å²) in [5.74, 6) is 0. The van der Waals surface area contributed by atoms with Crippen molar-refractivity contribution in [3.8, 4) is 0 Å². The summed E-state index contributed by atoms with van der Waals surface area (Å²) in [6, 6.07) is 16.8. The van der Waals surface area contributed by atoms with Gasteiger partial charge in [-0.15, -0.1) is 0 Å². The minimum atomic E-state index is -0.456. The molecule has 0 saturated carbocycles. The maximum atomic E-state index is 13.6. The van der Waals surface area contributed by atoms with E-state index in [1.807, 2.05) is 42.5 Å². The van der Waals surface area contributed by atoms with Gasteiger partial charge in [-0.05, 0) is 52.6 Å². The van der Waals surface area contributed by atoms with Gasteiger partial charge in [-0.25, -0.2) is 4.79 Å². The fourth-order valence-corrected chi connectivity index (χ4v) is 4.02. The van der Waals surface area contributed by atoms with Crippen molar-refractivity contribution in [3.05, 3.63) is 122 Å². The molecule has 0 N–H and O–H groups in total. The molecule has 5 aromatic rings. The molecule has 0 unspecified atom stereocenters. The van der Waals surface area contributed by atoms with Crippen LogP contribution < -0.4 is 11.2 Å². The van der Waals surface area contributed by atoms with E-state index in [1.54, 1.807) is 41.5 Å². The zero-order valence-electron chi connectivity index (χ0n) is 17.5. The average Bonchev–Trinajstić information content (AvgIpc) is 3.17. The molecule has 0 atom stereocenters. The summed E-state index contributed by atoms with van der Waals surface area (Å²) in [5, 5.41) is 0.149. The molecule has 0 saturated heterocycles. The molecular weight excluding hydrogens is 440 g/mol. The fraction of sp³-hybridized carbons (Fsp3) is 0.125. The smallest absolute Gasteiger partial charge is 0.304 e. The Morgan fingerprint density at radius 3 is 1.79 bits per heavy atom. The molecule has 0 fully saturated rings. The average molecular weight is 459 g/mol. The van der Waals surface area contributed by atoms with Gasteiger partial charge in [-0.3, -0.25) is 23.9 Å². The highest BCUT2D eigenvalue weighted by Crippen LogP contribution is 2.19. The summed E-state index contributed by atoms with van der Waals surface area (Å²) >= 11 is 6.50. The standard InChI is InChI=1S/C24H19ClN6O2/c25-23-28-21-20(29(23)14-17-4-2-1-3-5-17)22(32)31(16-19-8-12-27-13-9-19)24(33)30(21)15-18-6-10-26-11-7-18/h1-13H,14-16H2. The van der Waals surface area contributed by atoms with Crippen LogP contribution in [0.4, 0.5) is 0 Å². The topological polar surface area (TPSA) is 87.6 Å². The van der Waals surface area contributed by atoms with E-state index in [1.165, 1.54) is 9.13 Å². The molecule has 0 aliphatic heterocycles. The second kappa shape index (κ2) is 8.84. The number of rotatable bonds is 6. The van der Waals surface area contributed by atoms with Crippen molar-refractivity contribution in [2.24, 2.45) is 0 Å². The summed E-state index contributed by atoms with van der Waals surface area (Å²) in [6.45, 7) is 0.696. The van der Waals surface area contributed by atoms with Crippen molar-refractivity contribution >= 4 is 22.8 Å². The van der Waals surface area contributed by atoms with Crippen LogP contribution in [0.5, 0.6) is 0 Å². The number of nitrogens with zero attached hydrogens (tertiary/aromatic N) is 6. The maximum absolute atomic E-state index is 13.6.